The van der Waals surface area contributed by atoms with Crippen molar-refractivity contribution in [1.29, 1.82) is 0 Å². The lowest BCUT2D eigenvalue weighted by molar-refractivity contribution is -0.146. The zero-order valence-electron chi connectivity index (χ0n) is 10.2. The highest BCUT2D eigenvalue weighted by Crippen LogP contribution is 2.07. The second-order valence-corrected chi connectivity index (χ2v) is 4.28. The van der Waals surface area contributed by atoms with Crippen molar-refractivity contribution in [2.24, 2.45) is 0 Å². The number of hydrogen-bond acceptors (Lipinski definition) is 4. The fraction of sp³-hybridized carbons (Fsp3) is 0.462. The zero-order chi connectivity index (χ0) is 12.8. The minimum atomic E-state index is -0.340. The van der Waals surface area contributed by atoms with Crippen LogP contribution in [0.5, 0.6) is 0 Å². The summed E-state index contributed by atoms with van der Waals surface area (Å²) >= 11 is 0. The van der Waals surface area contributed by atoms with E-state index in [-0.39, 0.29) is 24.9 Å². The fourth-order valence-corrected chi connectivity index (χ4v) is 1.87. The Balaban J connectivity index is 1.76. The minimum Gasteiger partial charge on any atom is -0.460 e. The van der Waals surface area contributed by atoms with E-state index in [1.807, 2.05) is 4.90 Å². The van der Waals surface area contributed by atoms with Crippen molar-refractivity contribution in [3.8, 4) is 0 Å². The van der Waals surface area contributed by atoms with Crippen molar-refractivity contribution < 1.29 is 13.9 Å². The van der Waals surface area contributed by atoms with Crippen LogP contribution < -0.4 is 5.32 Å². The van der Waals surface area contributed by atoms with Crippen LogP contribution in [0.25, 0.3) is 0 Å². The standard InChI is InChI=1S/C13H17FN2O2/c14-12-4-2-1-3-11(12)10-18-13(17)9-16-7-5-15-6-8-16/h1-4,15H,5-10H2. The average molecular weight is 252 g/mol. The maximum Gasteiger partial charge on any atom is 0.320 e. The molecule has 1 fully saturated rings. The summed E-state index contributed by atoms with van der Waals surface area (Å²) in [4.78, 5) is 13.6. The van der Waals surface area contributed by atoms with Gasteiger partial charge in [0, 0.05) is 31.7 Å². The number of piperazine rings is 1. The molecule has 18 heavy (non-hydrogen) atoms. The number of esters is 1. The number of ether oxygens (including phenoxy) is 1. The lowest BCUT2D eigenvalue weighted by Gasteiger charge is -2.25. The molecule has 1 aromatic carbocycles. The van der Waals surface area contributed by atoms with Gasteiger partial charge in [0.1, 0.15) is 12.4 Å². The van der Waals surface area contributed by atoms with Crippen LogP contribution in [-0.2, 0) is 16.1 Å². The first kappa shape index (κ1) is 13.0. The number of carbonyl (C=O) groups is 1. The monoisotopic (exact) mass is 252 g/mol. The van der Waals surface area contributed by atoms with Crippen LogP contribution in [0.3, 0.4) is 0 Å². The van der Waals surface area contributed by atoms with Gasteiger partial charge in [-0.2, -0.15) is 0 Å². The Kier molecular flexibility index (Phi) is 4.66. The Labute approximate surface area is 106 Å². The predicted molar refractivity (Wildman–Crippen MR) is 65.5 cm³/mol. The minimum absolute atomic E-state index is 0.00238. The van der Waals surface area contributed by atoms with Gasteiger partial charge in [0.25, 0.3) is 0 Å². The summed E-state index contributed by atoms with van der Waals surface area (Å²) in [6.45, 7) is 3.73. The van der Waals surface area contributed by atoms with Gasteiger partial charge in [-0.15, -0.1) is 0 Å². The molecule has 0 bridgehead atoms. The Morgan fingerprint density at radius 2 is 2.06 bits per heavy atom. The highest BCUT2D eigenvalue weighted by atomic mass is 19.1. The molecule has 1 heterocycles. The number of hydrogen-bond donors (Lipinski definition) is 1. The number of nitrogens with zero attached hydrogens (tertiary/aromatic N) is 1. The van der Waals surface area contributed by atoms with Crippen molar-refractivity contribution in [2.75, 3.05) is 32.7 Å². The van der Waals surface area contributed by atoms with Gasteiger partial charge in [0.2, 0.25) is 0 Å². The van der Waals surface area contributed by atoms with Gasteiger partial charge in [0.05, 0.1) is 6.54 Å². The molecule has 0 radical (unpaired) electrons. The van der Waals surface area contributed by atoms with Crippen LogP contribution in [-0.4, -0.2) is 43.6 Å². The zero-order valence-corrected chi connectivity index (χ0v) is 10.2. The fourth-order valence-electron chi connectivity index (χ4n) is 1.87. The van der Waals surface area contributed by atoms with Crippen LogP contribution >= 0.6 is 0 Å². The van der Waals surface area contributed by atoms with E-state index in [9.17, 15) is 9.18 Å². The summed E-state index contributed by atoms with van der Waals surface area (Å²) in [5.74, 6) is -0.646. The molecule has 1 aliphatic heterocycles. The lowest BCUT2D eigenvalue weighted by atomic mass is 10.2. The van der Waals surface area contributed by atoms with Gasteiger partial charge in [-0.1, -0.05) is 18.2 Å². The van der Waals surface area contributed by atoms with Crippen molar-refractivity contribution in [1.82, 2.24) is 10.2 Å². The van der Waals surface area contributed by atoms with E-state index in [2.05, 4.69) is 5.32 Å². The number of nitrogens with one attached hydrogen (secondary N) is 1. The van der Waals surface area contributed by atoms with Crippen LogP contribution in [0, 0.1) is 5.82 Å². The molecule has 0 unspecified atom stereocenters. The summed E-state index contributed by atoms with van der Waals surface area (Å²) in [6.07, 6.45) is 0. The molecule has 4 nitrogen and oxygen atoms in total. The number of halogens is 1. The summed E-state index contributed by atoms with van der Waals surface area (Å²) < 4.78 is 18.4. The van der Waals surface area contributed by atoms with E-state index < -0.39 is 0 Å². The van der Waals surface area contributed by atoms with Gasteiger partial charge in [-0.25, -0.2) is 4.39 Å². The smallest absolute Gasteiger partial charge is 0.320 e. The molecular weight excluding hydrogens is 235 g/mol. The largest absolute Gasteiger partial charge is 0.460 e. The molecule has 0 aliphatic carbocycles. The SMILES string of the molecule is O=C(CN1CCNCC1)OCc1ccccc1F. The van der Waals surface area contributed by atoms with Gasteiger partial charge >= 0.3 is 5.97 Å². The third kappa shape index (κ3) is 3.78. The number of carbonyl (C=O) groups excluding carboxylic acids is 1. The van der Waals surface area contributed by atoms with Crippen LogP contribution in [0.15, 0.2) is 24.3 Å². The van der Waals surface area contributed by atoms with Crippen LogP contribution in [0.2, 0.25) is 0 Å². The molecule has 0 saturated carbocycles. The molecule has 5 heteroatoms. The summed E-state index contributed by atoms with van der Waals surface area (Å²) in [5.41, 5.74) is 0.408. The molecular formula is C13H17FN2O2. The predicted octanol–water partition coefficient (Wildman–Crippen LogP) is 0.774. The second-order valence-electron chi connectivity index (χ2n) is 4.28. The maximum absolute atomic E-state index is 13.3. The van der Waals surface area contributed by atoms with E-state index in [4.69, 9.17) is 4.74 Å². The third-order valence-corrected chi connectivity index (χ3v) is 2.91. The van der Waals surface area contributed by atoms with Crippen molar-refractivity contribution in [2.45, 2.75) is 6.61 Å². The molecule has 1 aromatic rings. The molecule has 0 amide bonds. The van der Waals surface area contributed by atoms with Crippen molar-refractivity contribution in [3.63, 3.8) is 0 Å². The summed E-state index contributed by atoms with van der Waals surface area (Å²) in [7, 11) is 0. The first-order valence-electron chi connectivity index (χ1n) is 6.08. The summed E-state index contributed by atoms with van der Waals surface area (Å²) in [6, 6.07) is 6.32. The van der Waals surface area contributed by atoms with E-state index in [1.54, 1.807) is 18.2 Å². The topological polar surface area (TPSA) is 41.6 Å². The van der Waals surface area contributed by atoms with Gasteiger partial charge in [-0.05, 0) is 6.07 Å². The molecule has 0 spiro atoms. The Morgan fingerprint density at radius 3 is 2.78 bits per heavy atom. The van der Waals surface area contributed by atoms with Crippen molar-refractivity contribution >= 4 is 5.97 Å². The molecule has 98 valence electrons. The molecule has 1 N–H and O–H groups in total. The third-order valence-electron chi connectivity index (χ3n) is 2.91. The van der Waals surface area contributed by atoms with E-state index in [0.717, 1.165) is 26.2 Å². The second kappa shape index (κ2) is 6.47. The molecule has 1 saturated heterocycles. The number of rotatable bonds is 4. The normalized spacial score (nSPS) is 16.5. The van der Waals surface area contributed by atoms with E-state index in [0.29, 0.717) is 5.56 Å². The average Bonchev–Trinajstić information content (AvgIpc) is 2.39. The lowest BCUT2D eigenvalue weighted by Crippen LogP contribution is -2.45. The quantitative estimate of drug-likeness (QED) is 0.804. The number of benzene rings is 1. The molecule has 1 aliphatic rings. The first-order valence-corrected chi connectivity index (χ1v) is 6.08. The maximum atomic E-state index is 13.3. The Bertz CT molecular complexity index is 406. The van der Waals surface area contributed by atoms with Gasteiger partial charge in [0.15, 0.2) is 0 Å². The van der Waals surface area contributed by atoms with Crippen molar-refractivity contribution in [3.05, 3.63) is 35.6 Å². The molecule has 2 rings (SSSR count). The van der Waals surface area contributed by atoms with Gasteiger partial charge < -0.3 is 10.1 Å². The Morgan fingerprint density at radius 1 is 1.33 bits per heavy atom. The van der Waals surface area contributed by atoms with E-state index >= 15 is 0 Å². The highest BCUT2D eigenvalue weighted by Gasteiger charge is 2.14. The summed E-state index contributed by atoms with van der Waals surface area (Å²) in [5, 5.41) is 3.21. The van der Waals surface area contributed by atoms with E-state index in [1.165, 1.54) is 6.07 Å². The van der Waals surface area contributed by atoms with Crippen LogP contribution in [0.4, 0.5) is 4.39 Å². The van der Waals surface area contributed by atoms with Gasteiger partial charge in [-0.3, -0.25) is 9.69 Å². The highest BCUT2D eigenvalue weighted by molar-refractivity contribution is 5.71. The Hall–Kier alpha value is -1.46. The first-order chi connectivity index (χ1) is 8.75. The molecule has 0 atom stereocenters. The molecule has 0 aromatic heterocycles. The van der Waals surface area contributed by atoms with Crippen LogP contribution in [0.1, 0.15) is 5.56 Å².